The normalized spacial score (nSPS) is 11.5. The van der Waals surface area contributed by atoms with Gasteiger partial charge in [0.25, 0.3) is 0 Å². The molecule has 21 heavy (non-hydrogen) atoms. The van der Waals surface area contributed by atoms with Gasteiger partial charge in [-0.15, -0.1) is 0 Å². The van der Waals surface area contributed by atoms with Crippen LogP contribution in [0.1, 0.15) is 25.0 Å². The summed E-state index contributed by atoms with van der Waals surface area (Å²) in [5, 5.41) is 0.234. The van der Waals surface area contributed by atoms with Gasteiger partial charge in [-0.05, 0) is 49.2 Å². The van der Waals surface area contributed by atoms with Gasteiger partial charge in [-0.3, -0.25) is 4.79 Å². The molecule has 0 aliphatic heterocycles. The molecule has 2 rings (SSSR count). The molecule has 2 aromatic carbocycles. The third-order valence-electron chi connectivity index (χ3n) is 3.63. The van der Waals surface area contributed by atoms with Crippen molar-refractivity contribution in [2.45, 2.75) is 25.7 Å². The molecule has 0 amide bonds. The second kappa shape index (κ2) is 5.94. The summed E-state index contributed by atoms with van der Waals surface area (Å²) in [5.41, 5.74) is 0.538. The second-order valence-corrected chi connectivity index (χ2v) is 5.87. The fraction of sp³-hybridized carbons (Fsp3) is 0.235. The number of ketones is 1. The molecule has 4 heteroatoms. The standard InChI is InChI=1S/C17H15ClF2O/c1-17(2,12-4-7-13(19)8-5-12)16(21)9-11-3-6-14(20)10-15(11)18/h3-8,10H,9H2,1-2H3. The molecule has 0 fully saturated rings. The van der Waals surface area contributed by atoms with Crippen LogP contribution in [0.5, 0.6) is 0 Å². The first-order valence-electron chi connectivity index (χ1n) is 6.54. The van der Waals surface area contributed by atoms with Gasteiger partial charge in [-0.2, -0.15) is 0 Å². The van der Waals surface area contributed by atoms with Crippen molar-refractivity contribution in [3.63, 3.8) is 0 Å². The van der Waals surface area contributed by atoms with Crippen LogP contribution < -0.4 is 0 Å². The van der Waals surface area contributed by atoms with E-state index in [9.17, 15) is 13.6 Å². The summed E-state index contributed by atoms with van der Waals surface area (Å²) < 4.78 is 26.0. The lowest BCUT2D eigenvalue weighted by Gasteiger charge is -2.24. The first kappa shape index (κ1) is 15.6. The Balaban J connectivity index is 2.24. The van der Waals surface area contributed by atoms with Gasteiger partial charge in [-0.1, -0.05) is 29.8 Å². The molecule has 2 aromatic rings. The molecule has 0 atom stereocenters. The van der Waals surface area contributed by atoms with Crippen LogP contribution in [0, 0.1) is 11.6 Å². The Morgan fingerprint density at radius 1 is 1.05 bits per heavy atom. The van der Waals surface area contributed by atoms with Gasteiger partial charge < -0.3 is 0 Å². The molecule has 0 heterocycles. The SMILES string of the molecule is CC(C)(C(=O)Cc1ccc(F)cc1Cl)c1ccc(F)cc1. The molecule has 0 aromatic heterocycles. The fourth-order valence-electron chi connectivity index (χ4n) is 2.09. The number of Topliss-reactive ketones (excluding diaryl/α,β-unsaturated/α-hetero) is 1. The van der Waals surface area contributed by atoms with E-state index in [4.69, 9.17) is 11.6 Å². The molecule has 0 radical (unpaired) electrons. The summed E-state index contributed by atoms with van der Waals surface area (Å²) in [5.74, 6) is -0.847. The minimum absolute atomic E-state index is 0.0670. The van der Waals surface area contributed by atoms with Crippen LogP contribution in [-0.2, 0) is 16.6 Å². The topological polar surface area (TPSA) is 17.1 Å². The summed E-state index contributed by atoms with van der Waals surface area (Å²) >= 11 is 5.95. The molecule has 0 saturated carbocycles. The lowest BCUT2D eigenvalue weighted by Crippen LogP contribution is -2.30. The number of halogens is 3. The highest BCUT2D eigenvalue weighted by Crippen LogP contribution is 2.28. The zero-order valence-corrected chi connectivity index (χ0v) is 12.5. The van der Waals surface area contributed by atoms with Gasteiger partial charge in [0.1, 0.15) is 17.4 Å². The quantitative estimate of drug-likeness (QED) is 0.799. The average molecular weight is 309 g/mol. The lowest BCUT2D eigenvalue weighted by molar-refractivity contribution is -0.122. The molecule has 1 nitrogen and oxygen atoms in total. The maximum absolute atomic E-state index is 13.0. The van der Waals surface area contributed by atoms with Crippen molar-refractivity contribution in [1.29, 1.82) is 0 Å². The number of hydrogen-bond acceptors (Lipinski definition) is 1. The van der Waals surface area contributed by atoms with E-state index in [2.05, 4.69) is 0 Å². The highest BCUT2D eigenvalue weighted by Gasteiger charge is 2.29. The Hall–Kier alpha value is -1.74. The van der Waals surface area contributed by atoms with E-state index in [1.54, 1.807) is 26.0 Å². The maximum atomic E-state index is 13.0. The Labute approximate surface area is 127 Å². The van der Waals surface area contributed by atoms with Gasteiger partial charge in [0.05, 0.1) is 0 Å². The Kier molecular flexibility index (Phi) is 4.43. The predicted octanol–water partition coefficient (Wildman–Crippen LogP) is 4.71. The number of rotatable bonds is 4. The molecule has 0 saturated heterocycles. The van der Waals surface area contributed by atoms with E-state index in [0.717, 1.165) is 5.56 Å². The summed E-state index contributed by atoms with van der Waals surface area (Å²) in [6.07, 6.45) is 0.101. The predicted molar refractivity (Wildman–Crippen MR) is 79.5 cm³/mol. The number of carbonyl (C=O) groups excluding carboxylic acids is 1. The molecule has 0 aliphatic carbocycles. The van der Waals surface area contributed by atoms with Gasteiger partial charge in [0.15, 0.2) is 0 Å². The van der Waals surface area contributed by atoms with Crippen molar-refractivity contribution >= 4 is 17.4 Å². The molecule has 0 N–H and O–H groups in total. The molecule has 110 valence electrons. The van der Waals surface area contributed by atoms with Gasteiger partial charge in [-0.25, -0.2) is 8.78 Å². The number of carbonyl (C=O) groups is 1. The Bertz CT molecular complexity index is 663. The van der Waals surface area contributed by atoms with Crippen molar-refractivity contribution in [3.8, 4) is 0 Å². The van der Waals surface area contributed by atoms with E-state index in [1.165, 1.54) is 30.3 Å². The van der Waals surface area contributed by atoms with Crippen LogP contribution in [0.25, 0.3) is 0 Å². The van der Waals surface area contributed by atoms with Crippen LogP contribution in [0.4, 0.5) is 8.78 Å². The second-order valence-electron chi connectivity index (χ2n) is 5.47. The van der Waals surface area contributed by atoms with Gasteiger partial charge in [0, 0.05) is 16.9 Å². The molecule has 0 spiro atoms. The first-order valence-corrected chi connectivity index (χ1v) is 6.92. The van der Waals surface area contributed by atoms with E-state index >= 15 is 0 Å². The third-order valence-corrected chi connectivity index (χ3v) is 3.98. The largest absolute Gasteiger partial charge is 0.298 e. The highest BCUT2D eigenvalue weighted by molar-refractivity contribution is 6.31. The fourth-order valence-corrected chi connectivity index (χ4v) is 2.32. The molecule has 0 unspecified atom stereocenters. The number of benzene rings is 2. The minimum atomic E-state index is -0.772. The lowest BCUT2D eigenvalue weighted by atomic mass is 9.78. The van der Waals surface area contributed by atoms with Crippen molar-refractivity contribution < 1.29 is 13.6 Å². The Morgan fingerprint density at radius 3 is 2.19 bits per heavy atom. The monoisotopic (exact) mass is 308 g/mol. The van der Waals surface area contributed by atoms with E-state index in [0.29, 0.717) is 5.56 Å². The third kappa shape index (κ3) is 3.48. The van der Waals surface area contributed by atoms with Crippen LogP contribution in [0.3, 0.4) is 0 Å². The number of hydrogen-bond donors (Lipinski definition) is 0. The van der Waals surface area contributed by atoms with E-state index < -0.39 is 11.2 Å². The van der Waals surface area contributed by atoms with E-state index in [1.807, 2.05) is 0 Å². The van der Waals surface area contributed by atoms with Crippen molar-refractivity contribution in [3.05, 3.63) is 70.2 Å². The zero-order valence-electron chi connectivity index (χ0n) is 11.8. The molecule has 0 aliphatic rings. The Morgan fingerprint density at radius 2 is 1.62 bits per heavy atom. The summed E-state index contributed by atoms with van der Waals surface area (Å²) in [7, 11) is 0. The van der Waals surface area contributed by atoms with Crippen LogP contribution in [-0.4, -0.2) is 5.78 Å². The molecular formula is C17H15ClF2O. The summed E-state index contributed by atoms with van der Waals surface area (Å²) in [6.45, 7) is 3.56. The zero-order chi connectivity index (χ0) is 15.6. The van der Waals surface area contributed by atoms with Crippen LogP contribution in [0.15, 0.2) is 42.5 Å². The molecule has 0 bridgehead atoms. The minimum Gasteiger partial charge on any atom is -0.298 e. The summed E-state index contributed by atoms with van der Waals surface area (Å²) in [4.78, 5) is 12.5. The van der Waals surface area contributed by atoms with Gasteiger partial charge in [0.2, 0.25) is 0 Å². The van der Waals surface area contributed by atoms with E-state index in [-0.39, 0.29) is 23.0 Å². The maximum Gasteiger partial charge on any atom is 0.147 e. The van der Waals surface area contributed by atoms with Crippen molar-refractivity contribution in [2.24, 2.45) is 0 Å². The summed E-state index contributed by atoms with van der Waals surface area (Å²) in [6, 6.07) is 9.83. The molecular weight excluding hydrogens is 294 g/mol. The first-order chi connectivity index (χ1) is 9.80. The van der Waals surface area contributed by atoms with Crippen molar-refractivity contribution in [2.75, 3.05) is 0 Å². The smallest absolute Gasteiger partial charge is 0.147 e. The van der Waals surface area contributed by atoms with Crippen molar-refractivity contribution in [1.82, 2.24) is 0 Å². The van der Waals surface area contributed by atoms with Crippen LogP contribution in [0.2, 0.25) is 5.02 Å². The van der Waals surface area contributed by atoms with Crippen LogP contribution >= 0.6 is 11.6 Å². The average Bonchev–Trinajstić information content (AvgIpc) is 2.42. The van der Waals surface area contributed by atoms with Gasteiger partial charge >= 0.3 is 0 Å². The highest BCUT2D eigenvalue weighted by atomic mass is 35.5.